The van der Waals surface area contributed by atoms with Crippen LogP contribution in [0.3, 0.4) is 0 Å². The van der Waals surface area contributed by atoms with Crippen molar-refractivity contribution >= 4 is 27.3 Å². The Kier molecular flexibility index (Phi) is 7.43. The molecule has 146 valence electrons. The van der Waals surface area contributed by atoms with Crippen molar-refractivity contribution in [1.29, 1.82) is 0 Å². The van der Waals surface area contributed by atoms with Gasteiger partial charge < -0.3 is 4.74 Å². The summed E-state index contributed by atoms with van der Waals surface area (Å²) in [5, 5.41) is 1.76. The molecule has 0 spiro atoms. The first-order valence-corrected chi connectivity index (χ1v) is 11.5. The van der Waals surface area contributed by atoms with Gasteiger partial charge in [0.15, 0.2) is 0 Å². The topological polar surface area (TPSA) is 72.5 Å². The minimum Gasteiger partial charge on any atom is -0.466 e. The van der Waals surface area contributed by atoms with Gasteiger partial charge in [-0.15, -0.1) is 11.3 Å². The van der Waals surface area contributed by atoms with Crippen LogP contribution in [-0.2, 0) is 19.6 Å². The van der Waals surface area contributed by atoms with Crippen molar-refractivity contribution in [1.82, 2.24) is 4.72 Å². The van der Waals surface area contributed by atoms with E-state index in [9.17, 15) is 13.2 Å². The lowest BCUT2D eigenvalue weighted by Gasteiger charge is -2.37. The average molecular weight is 400 g/mol. The Morgan fingerprint density at radius 3 is 2.73 bits per heavy atom. The van der Waals surface area contributed by atoms with Gasteiger partial charge in [-0.1, -0.05) is 31.6 Å². The standard InChI is InChI=1S/C19H29NO4S2/c1-5-24-18(21)11-15-10-17(13(2)3)16(9-14(15)4)12-20-26(22,23)19-7-6-8-25-19/h6-9,13,15-17,20H,5,10-12H2,1-4H3. The highest BCUT2D eigenvalue weighted by Crippen LogP contribution is 2.39. The summed E-state index contributed by atoms with van der Waals surface area (Å²) in [5.74, 6) is 0.865. The zero-order valence-electron chi connectivity index (χ0n) is 15.9. The largest absolute Gasteiger partial charge is 0.466 e. The predicted molar refractivity (Wildman–Crippen MR) is 104 cm³/mol. The number of allylic oxidation sites excluding steroid dienone is 1. The van der Waals surface area contributed by atoms with Gasteiger partial charge in [0.25, 0.3) is 0 Å². The number of ether oxygens (including phenoxy) is 1. The number of hydrogen-bond acceptors (Lipinski definition) is 5. The number of thiophene rings is 1. The molecule has 1 aromatic heterocycles. The van der Waals surface area contributed by atoms with Crippen LogP contribution in [0.15, 0.2) is 33.4 Å². The number of carbonyl (C=O) groups is 1. The molecule has 5 nitrogen and oxygen atoms in total. The fourth-order valence-corrected chi connectivity index (χ4v) is 5.73. The molecule has 0 bridgehead atoms. The monoisotopic (exact) mass is 399 g/mol. The summed E-state index contributed by atoms with van der Waals surface area (Å²) in [6, 6.07) is 3.35. The van der Waals surface area contributed by atoms with Crippen molar-refractivity contribution in [2.24, 2.45) is 23.7 Å². The van der Waals surface area contributed by atoms with Crippen molar-refractivity contribution in [2.45, 2.75) is 44.7 Å². The molecule has 0 aromatic carbocycles. The second-order valence-electron chi connectivity index (χ2n) is 7.21. The van der Waals surface area contributed by atoms with Crippen LogP contribution in [0.1, 0.15) is 40.5 Å². The fourth-order valence-electron chi connectivity index (χ4n) is 3.62. The van der Waals surface area contributed by atoms with Crippen molar-refractivity contribution in [3.05, 3.63) is 29.2 Å². The zero-order valence-corrected chi connectivity index (χ0v) is 17.5. The van der Waals surface area contributed by atoms with Crippen LogP contribution in [0.4, 0.5) is 0 Å². The second kappa shape index (κ2) is 9.15. The van der Waals surface area contributed by atoms with Crippen molar-refractivity contribution < 1.29 is 17.9 Å². The zero-order chi connectivity index (χ0) is 19.3. The van der Waals surface area contributed by atoms with E-state index in [-0.39, 0.29) is 17.8 Å². The first-order valence-electron chi connectivity index (χ1n) is 9.11. The van der Waals surface area contributed by atoms with E-state index in [0.29, 0.717) is 35.6 Å². The van der Waals surface area contributed by atoms with E-state index in [1.165, 1.54) is 11.3 Å². The number of hydrogen-bond donors (Lipinski definition) is 1. The molecular formula is C19H29NO4S2. The lowest BCUT2D eigenvalue weighted by molar-refractivity contribution is -0.144. The lowest BCUT2D eigenvalue weighted by atomic mass is 9.70. The number of esters is 1. The van der Waals surface area contributed by atoms with Crippen molar-refractivity contribution in [2.75, 3.05) is 13.2 Å². The summed E-state index contributed by atoms with van der Waals surface area (Å²) in [4.78, 5) is 11.9. The minimum absolute atomic E-state index is 0.128. The van der Waals surface area contributed by atoms with Gasteiger partial charge in [-0.3, -0.25) is 4.79 Å². The highest BCUT2D eigenvalue weighted by molar-refractivity contribution is 7.91. The highest BCUT2D eigenvalue weighted by Gasteiger charge is 2.33. The molecular weight excluding hydrogens is 370 g/mol. The lowest BCUT2D eigenvalue weighted by Crippen LogP contribution is -2.37. The van der Waals surface area contributed by atoms with Gasteiger partial charge >= 0.3 is 5.97 Å². The van der Waals surface area contributed by atoms with Crippen LogP contribution in [0.25, 0.3) is 0 Å². The maximum absolute atomic E-state index is 12.4. The molecule has 1 heterocycles. The predicted octanol–water partition coefficient (Wildman–Crippen LogP) is 3.83. The average Bonchev–Trinajstić information content (AvgIpc) is 3.10. The van der Waals surface area contributed by atoms with Crippen LogP contribution in [0.5, 0.6) is 0 Å². The third kappa shape index (κ3) is 5.41. The molecule has 1 N–H and O–H groups in total. The molecule has 0 saturated carbocycles. The Morgan fingerprint density at radius 1 is 1.42 bits per heavy atom. The van der Waals surface area contributed by atoms with Gasteiger partial charge in [-0.05, 0) is 55.4 Å². The van der Waals surface area contributed by atoms with Crippen LogP contribution >= 0.6 is 11.3 Å². The molecule has 1 aliphatic carbocycles. The molecule has 3 unspecified atom stereocenters. The number of rotatable bonds is 8. The van der Waals surface area contributed by atoms with E-state index in [1.807, 2.05) is 13.8 Å². The summed E-state index contributed by atoms with van der Waals surface area (Å²) in [5.41, 5.74) is 1.15. The third-order valence-corrected chi connectivity index (χ3v) is 7.89. The molecule has 1 aliphatic rings. The highest BCUT2D eigenvalue weighted by atomic mass is 32.2. The van der Waals surface area contributed by atoms with Crippen LogP contribution in [0, 0.1) is 23.7 Å². The number of sulfonamides is 1. The summed E-state index contributed by atoms with van der Waals surface area (Å²) in [6.07, 6.45) is 3.42. The molecule has 7 heteroatoms. The third-order valence-electron chi connectivity index (χ3n) is 5.07. The molecule has 26 heavy (non-hydrogen) atoms. The molecule has 0 aliphatic heterocycles. The summed E-state index contributed by atoms with van der Waals surface area (Å²) < 4.78 is 33.0. The molecule has 0 saturated heterocycles. The van der Waals surface area contributed by atoms with E-state index in [2.05, 4.69) is 24.6 Å². The Balaban J connectivity index is 2.09. The van der Waals surface area contributed by atoms with Crippen molar-refractivity contribution in [3.63, 3.8) is 0 Å². The summed E-state index contributed by atoms with van der Waals surface area (Å²) in [7, 11) is -3.46. The number of carbonyl (C=O) groups excluding carboxylic acids is 1. The van der Waals surface area contributed by atoms with Gasteiger partial charge in [0.1, 0.15) is 4.21 Å². The fraction of sp³-hybridized carbons (Fsp3) is 0.632. The van der Waals surface area contributed by atoms with Crippen LogP contribution < -0.4 is 4.72 Å². The minimum atomic E-state index is -3.46. The summed E-state index contributed by atoms with van der Waals surface area (Å²) in [6.45, 7) is 8.93. The first-order chi connectivity index (χ1) is 12.2. The van der Waals surface area contributed by atoms with Gasteiger partial charge in [0.2, 0.25) is 10.0 Å². The molecule has 2 rings (SSSR count). The van der Waals surface area contributed by atoms with Crippen LogP contribution in [0.2, 0.25) is 0 Å². The van der Waals surface area contributed by atoms with Crippen molar-refractivity contribution in [3.8, 4) is 0 Å². The van der Waals surface area contributed by atoms with E-state index in [4.69, 9.17) is 4.74 Å². The van der Waals surface area contributed by atoms with Crippen LogP contribution in [-0.4, -0.2) is 27.5 Å². The molecule has 0 fully saturated rings. The number of nitrogens with one attached hydrogen (secondary N) is 1. The molecule has 0 radical (unpaired) electrons. The summed E-state index contributed by atoms with van der Waals surface area (Å²) >= 11 is 1.22. The quantitative estimate of drug-likeness (QED) is 0.532. The van der Waals surface area contributed by atoms with E-state index in [1.54, 1.807) is 17.5 Å². The Bertz CT molecular complexity index is 723. The van der Waals surface area contributed by atoms with Gasteiger partial charge in [0.05, 0.1) is 13.0 Å². The second-order valence-corrected chi connectivity index (χ2v) is 10.1. The van der Waals surface area contributed by atoms with E-state index in [0.717, 1.165) is 12.0 Å². The Labute approximate surface area is 160 Å². The van der Waals surface area contributed by atoms with Gasteiger partial charge in [0, 0.05) is 6.54 Å². The van der Waals surface area contributed by atoms with E-state index >= 15 is 0 Å². The smallest absolute Gasteiger partial charge is 0.306 e. The van der Waals surface area contributed by atoms with Gasteiger partial charge in [-0.2, -0.15) is 0 Å². The normalized spacial score (nSPS) is 23.7. The maximum atomic E-state index is 12.4. The Hall–Kier alpha value is -1.18. The van der Waals surface area contributed by atoms with E-state index < -0.39 is 10.0 Å². The maximum Gasteiger partial charge on any atom is 0.306 e. The molecule has 3 atom stereocenters. The van der Waals surface area contributed by atoms with Gasteiger partial charge in [-0.25, -0.2) is 13.1 Å². The Morgan fingerprint density at radius 2 is 2.15 bits per heavy atom. The SMILES string of the molecule is CCOC(=O)CC1CC(C(C)C)C(CNS(=O)(=O)c2cccs2)C=C1C. The molecule has 1 aromatic rings. The molecule has 0 amide bonds. The first kappa shape index (κ1) is 21.1.